The lowest BCUT2D eigenvalue weighted by Crippen LogP contribution is -2.34. The highest BCUT2D eigenvalue weighted by Gasteiger charge is 2.30. The van der Waals surface area contributed by atoms with Gasteiger partial charge in [0.1, 0.15) is 5.01 Å². The molecule has 118 valence electrons. The predicted molar refractivity (Wildman–Crippen MR) is 91.0 cm³/mol. The van der Waals surface area contributed by atoms with E-state index >= 15 is 0 Å². The van der Waals surface area contributed by atoms with E-state index in [1.807, 2.05) is 26.0 Å². The largest absolute Gasteiger partial charge is 0.399 e. The van der Waals surface area contributed by atoms with Crippen LogP contribution in [0.2, 0.25) is 0 Å². The molecular weight excluding hydrogens is 296 g/mol. The maximum absolute atomic E-state index is 12.5. The number of anilines is 2. The molecule has 2 aromatic rings. The number of benzene rings is 1. The summed E-state index contributed by atoms with van der Waals surface area (Å²) in [5, 5.41) is 12.5. The zero-order valence-electron chi connectivity index (χ0n) is 13.4. The Morgan fingerprint density at radius 2 is 1.91 bits per heavy atom. The van der Waals surface area contributed by atoms with Gasteiger partial charge in [-0.2, -0.15) is 0 Å². The zero-order valence-corrected chi connectivity index (χ0v) is 14.2. The number of nitrogen functional groups attached to an aromatic ring is 1. The fourth-order valence-corrected chi connectivity index (χ4v) is 2.97. The number of nitrogens with two attached hydrogens (primary N) is 1. The van der Waals surface area contributed by atoms with E-state index in [1.165, 1.54) is 11.3 Å². The van der Waals surface area contributed by atoms with Crippen molar-refractivity contribution in [3.05, 3.63) is 34.8 Å². The van der Waals surface area contributed by atoms with Crippen LogP contribution in [0.25, 0.3) is 0 Å². The molecule has 1 aromatic heterocycles. The van der Waals surface area contributed by atoms with Crippen LogP contribution in [0, 0.1) is 5.92 Å². The maximum Gasteiger partial charge on any atom is 0.236 e. The number of nitrogens with one attached hydrogen (secondary N) is 1. The molecule has 0 saturated heterocycles. The second kappa shape index (κ2) is 6.44. The normalized spacial score (nSPS) is 11.7. The summed E-state index contributed by atoms with van der Waals surface area (Å²) in [6.45, 7) is 8.02. The molecule has 1 heterocycles. The number of carbonyl (C=O) groups is 1. The van der Waals surface area contributed by atoms with Crippen molar-refractivity contribution in [1.29, 1.82) is 0 Å². The fourth-order valence-electron chi connectivity index (χ4n) is 2.02. The summed E-state index contributed by atoms with van der Waals surface area (Å²) in [6.07, 6.45) is 0.870. The van der Waals surface area contributed by atoms with Crippen molar-refractivity contribution in [1.82, 2.24) is 10.2 Å². The Morgan fingerprint density at radius 1 is 1.27 bits per heavy atom. The monoisotopic (exact) mass is 318 g/mol. The molecule has 6 heteroatoms. The Bertz CT molecular complexity index is 646. The molecule has 1 aromatic carbocycles. The second-order valence-corrected chi connectivity index (χ2v) is 7.36. The summed E-state index contributed by atoms with van der Waals surface area (Å²) in [4.78, 5) is 12.5. The first-order valence-electron chi connectivity index (χ1n) is 7.29. The molecule has 0 fully saturated rings. The summed E-state index contributed by atoms with van der Waals surface area (Å²) in [6, 6.07) is 7.35. The van der Waals surface area contributed by atoms with Crippen LogP contribution in [0.15, 0.2) is 24.3 Å². The van der Waals surface area contributed by atoms with Gasteiger partial charge < -0.3 is 5.73 Å². The van der Waals surface area contributed by atoms with E-state index in [9.17, 15) is 4.79 Å². The number of carbonyl (C=O) groups excluding carboxylic acids is 1. The van der Waals surface area contributed by atoms with Gasteiger partial charge in [0.15, 0.2) is 0 Å². The van der Waals surface area contributed by atoms with Gasteiger partial charge in [-0.3, -0.25) is 10.1 Å². The standard InChI is InChI=1S/C16H22N4OS/c1-10(2)9-13-19-20-15(22-13)18-14(21)16(3,4)11-5-7-12(17)8-6-11/h5-8,10H,9,17H2,1-4H3,(H,18,20,21). The average Bonchev–Trinajstić information content (AvgIpc) is 2.85. The van der Waals surface area contributed by atoms with Gasteiger partial charge in [-0.1, -0.05) is 37.3 Å². The van der Waals surface area contributed by atoms with Crippen molar-refractivity contribution in [3.63, 3.8) is 0 Å². The fraction of sp³-hybridized carbons (Fsp3) is 0.438. The molecule has 5 nitrogen and oxygen atoms in total. The molecule has 22 heavy (non-hydrogen) atoms. The van der Waals surface area contributed by atoms with E-state index in [1.54, 1.807) is 12.1 Å². The summed E-state index contributed by atoms with van der Waals surface area (Å²) >= 11 is 1.43. The first-order valence-corrected chi connectivity index (χ1v) is 8.10. The molecule has 1 amide bonds. The van der Waals surface area contributed by atoms with E-state index in [0.29, 0.717) is 16.7 Å². The Hall–Kier alpha value is -1.95. The first kappa shape index (κ1) is 16.4. The minimum Gasteiger partial charge on any atom is -0.399 e. The number of rotatable bonds is 5. The van der Waals surface area contributed by atoms with E-state index in [-0.39, 0.29) is 5.91 Å². The molecule has 2 rings (SSSR count). The average molecular weight is 318 g/mol. The van der Waals surface area contributed by atoms with Crippen molar-refractivity contribution in [2.24, 2.45) is 5.92 Å². The van der Waals surface area contributed by atoms with Crippen LogP contribution in [-0.2, 0) is 16.6 Å². The van der Waals surface area contributed by atoms with Gasteiger partial charge >= 0.3 is 0 Å². The van der Waals surface area contributed by atoms with Crippen molar-refractivity contribution < 1.29 is 4.79 Å². The van der Waals surface area contributed by atoms with E-state index in [2.05, 4.69) is 29.4 Å². The van der Waals surface area contributed by atoms with Crippen LogP contribution in [0.1, 0.15) is 38.3 Å². The Kier molecular flexibility index (Phi) is 4.81. The minimum atomic E-state index is -0.669. The number of nitrogens with zero attached hydrogens (tertiary/aromatic N) is 2. The van der Waals surface area contributed by atoms with Crippen LogP contribution in [0.5, 0.6) is 0 Å². The molecule has 0 atom stereocenters. The first-order chi connectivity index (χ1) is 10.3. The van der Waals surface area contributed by atoms with Crippen molar-refractivity contribution in [2.45, 2.75) is 39.5 Å². The third-order valence-electron chi connectivity index (χ3n) is 3.47. The van der Waals surface area contributed by atoms with Gasteiger partial charge in [-0.05, 0) is 37.5 Å². The molecule has 0 spiro atoms. The van der Waals surface area contributed by atoms with Crippen LogP contribution >= 0.6 is 11.3 Å². The molecule has 0 aliphatic heterocycles. The van der Waals surface area contributed by atoms with Gasteiger partial charge in [0.05, 0.1) is 5.41 Å². The Morgan fingerprint density at radius 3 is 2.50 bits per heavy atom. The van der Waals surface area contributed by atoms with E-state index in [4.69, 9.17) is 5.73 Å². The predicted octanol–water partition coefficient (Wildman–Crippen LogP) is 3.24. The highest BCUT2D eigenvalue weighted by Crippen LogP contribution is 2.27. The summed E-state index contributed by atoms with van der Waals surface area (Å²) < 4.78 is 0. The lowest BCUT2D eigenvalue weighted by molar-refractivity contribution is -0.120. The number of hydrogen-bond donors (Lipinski definition) is 2. The van der Waals surface area contributed by atoms with Gasteiger partial charge in [-0.25, -0.2) is 0 Å². The van der Waals surface area contributed by atoms with Crippen molar-refractivity contribution in [2.75, 3.05) is 11.1 Å². The maximum atomic E-state index is 12.5. The zero-order chi connectivity index (χ0) is 16.3. The molecule has 3 N–H and O–H groups in total. The third-order valence-corrected chi connectivity index (χ3v) is 4.33. The molecule has 0 unspecified atom stereocenters. The minimum absolute atomic E-state index is 0.107. The summed E-state index contributed by atoms with van der Waals surface area (Å²) in [5.74, 6) is 0.409. The van der Waals surface area contributed by atoms with E-state index < -0.39 is 5.41 Å². The van der Waals surface area contributed by atoms with Crippen molar-refractivity contribution >= 4 is 28.1 Å². The molecule has 0 radical (unpaired) electrons. The highest BCUT2D eigenvalue weighted by atomic mass is 32.1. The number of hydrogen-bond acceptors (Lipinski definition) is 5. The molecule has 0 aliphatic rings. The van der Waals surface area contributed by atoms with Gasteiger partial charge in [0.2, 0.25) is 11.0 Å². The molecule has 0 bridgehead atoms. The topological polar surface area (TPSA) is 80.9 Å². The van der Waals surface area contributed by atoms with Gasteiger partial charge in [-0.15, -0.1) is 10.2 Å². The third kappa shape index (κ3) is 3.82. The SMILES string of the molecule is CC(C)Cc1nnc(NC(=O)C(C)(C)c2ccc(N)cc2)s1. The van der Waals surface area contributed by atoms with E-state index in [0.717, 1.165) is 17.0 Å². The van der Waals surface area contributed by atoms with Gasteiger partial charge in [0.25, 0.3) is 0 Å². The quantitative estimate of drug-likeness (QED) is 0.829. The number of amides is 1. The highest BCUT2D eigenvalue weighted by molar-refractivity contribution is 7.15. The number of aromatic nitrogens is 2. The molecule has 0 saturated carbocycles. The Balaban J connectivity index is 2.10. The van der Waals surface area contributed by atoms with Gasteiger partial charge in [0, 0.05) is 12.1 Å². The Labute approximate surface area is 135 Å². The lowest BCUT2D eigenvalue weighted by atomic mass is 9.83. The van der Waals surface area contributed by atoms with Crippen LogP contribution < -0.4 is 11.1 Å². The van der Waals surface area contributed by atoms with Crippen LogP contribution in [0.4, 0.5) is 10.8 Å². The molecular formula is C16H22N4OS. The lowest BCUT2D eigenvalue weighted by Gasteiger charge is -2.23. The smallest absolute Gasteiger partial charge is 0.236 e. The summed E-state index contributed by atoms with van der Waals surface area (Å²) in [7, 11) is 0. The molecule has 0 aliphatic carbocycles. The van der Waals surface area contributed by atoms with Crippen LogP contribution in [-0.4, -0.2) is 16.1 Å². The van der Waals surface area contributed by atoms with Crippen molar-refractivity contribution in [3.8, 4) is 0 Å². The summed E-state index contributed by atoms with van der Waals surface area (Å²) in [5.41, 5.74) is 6.62. The van der Waals surface area contributed by atoms with Crippen LogP contribution in [0.3, 0.4) is 0 Å². The second-order valence-electron chi connectivity index (χ2n) is 6.30.